The van der Waals surface area contributed by atoms with Gasteiger partial charge in [-0.05, 0) is 18.9 Å². The van der Waals surface area contributed by atoms with Gasteiger partial charge < -0.3 is 15.8 Å². The number of thiazole rings is 1. The summed E-state index contributed by atoms with van der Waals surface area (Å²) >= 11 is 1.39. The average molecular weight is 456 g/mol. The normalized spacial score (nSPS) is 21.5. The molecule has 3 aromatic heterocycles. The van der Waals surface area contributed by atoms with Crippen LogP contribution in [0.25, 0.3) is 21.5 Å². The van der Waals surface area contributed by atoms with Crippen molar-refractivity contribution in [2.75, 3.05) is 11.9 Å². The highest BCUT2D eigenvalue weighted by Crippen LogP contribution is 2.33. The van der Waals surface area contributed by atoms with Gasteiger partial charge in [0.25, 0.3) is 5.91 Å². The van der Waals surface area contributed by atoms with E-state index in [-0.39, 0.29) is 12.5 Å². The van der Waals surface area contributed by atoms with E-state index in [1.54, 1.807) is 29.5 Å². The Morgan fingerprint density at radius 1 is 1.38 bits per heavy atom. The molecule has 1 saturated heterocycles. The number of hydrogen-bond acceptors (Lipinski definition) is 7. The van der Waals surface area contributed by atoms with E-state index in [4.69, 9.17) is 10.5 Å². The van der Waals surface area contributed by atoms with E-state index in [0.29, 0.717) is 29.9 Å². The minimum absolute atomic E-state index is 0.0839. The minimum Gasteiger partial charge on any atom is -0.369 e. The lowest BCUT2D eigenvalue weighted by Gasteiger charge is -2.17. The molecule has 9 nitrogen and oxygen atoms in total. The maximum atomic E-state index is 13.9. The van der Waals surface area contributed by atoms with Crippen LogP contribution < -0.4 is 11.1 Å². The van der Waals surface area contributed by atoms with Gasteiger partial charge in [-0.3, -0.25) is 14.6 Å². The number of aromatic amines is 1. The van der Waals surface area contributed by atoms with E-state index >= 15 is 0 Å². The Balaban J connectivity index is 1.37. The number of nitrogens with zero attached hydrogens (tertiary/aromatic N) is 4. The number of nitrogens with one attached hydrogen (secondary N) is 2. The van der Waals surface area contributed by atoms with E-state index in [0.717, 1.165) is 21.5 Å². The molecule has 1 fully saturated rings. The zero-order valence-corrected chi connectivity index (χ0v) is 18.1. The van der Waals surface area contributed by atoms with Crippen LogP contribution in [0.2, 0.25) is 0 Å². The molecule has 0 radical (unpaired) electrons. The first-order valence-corrected chi connectivity index (χ1v) is 11.1. The molecule has 4 N–H and O–H groups in total. The van der Waals surface area contributed by atoms with Crippen LogP contribution in [-0.2, 0) is 11.8 Å². The van der Waals surface area contributed by atoms with Gasteiger partial charge in [0.1, 0.15) is 23.0 Å². The number of carbonyl (C=O) groups is 1. The second-order valence-corrected chi connectivity index (χ2v) is 8.63. The molecule has 1 aliphatic heterocycles. The monoisotopic (exact) mass is 455 g/mol. The third-order valence-corrected chi connectivity index (χ3v) is 6.55. The number of rotatable bonds is 4. The van der Waals surface area contributed by atoms with Crippen molar-refractivity contribution in [3.8, 4) is 10.6 Å². The zero-order valence-electron chi connectivity index (χ0n) is 17.3. The van der Waals surface area contributed by atoms with Crippen molar-refractivity contribution in [3.63, 3.8) is 0 Å². The minimum atomic E-state index is -1.21. The SMILES string of the molecule is Cn1ncc(NC(=O)c2csc(-c3cccc4[nH]ncc34)n2)c1[C@@H]1CC[C@@H](N)[C@H](F)CO1. The Morgan fingerprint density at radius 2 is 2.25 bits per heavy atom. The van der Waals surface area contributed by atoms with E-state index < -0.39 is 18.3 Å². The van der Waals surface area contributed by atoms with E-state index in [1.165, 1.54) is 11.3 Å². The van der Waals surface area contributed by atoms with E-state index in [2.05, 4.69) is 25.6 Å². The summed E-state index contributed by atoms with van der Waals surface area (Å²) in [7, 11) is 1.76. The van der Waals surface area contributed by atoms with Crippen LogP contribution in [0.5, 0.6) is 0 Å². The number of hydrogen-bond donors (Lipinski definition) is 3. The Morgan fingerprint density at radius 3 is 3.12 bits per heavy atom. The number of nitrogens with two attached hydrogens (primary N) is 1. The highest BCUT2D eigenvalue weighted by Gasteiger charge is 2.30. The van der Waals surface area contributed by atoms with E-state index in [1.807, 2.05) is 18.2 Å². The van der Waals surface area contributed by atoms with Crippen molar-refractivity contribution < 1.29 is 13.9 Å². The molecule has 1 amide bonds. The number of amides is 1. The summed E-state index contributed by atoms with van der Waals surface area (Å²) in [5.74, 6) is -0.352. The molecule has 0 bridgehead atoms. The lowest BCUT2D eigenvalue weighted by Crippen LogP contribution is -2.32. The van der Waals surface area contributed by atoms with Crippen LogP contribution in [0.15, 0.2) is 36.0 Å². The van der Waals surface area contributed by atoms with Crippen molar-refractivity contribution in [1.29, 1.82) is 0 Å². The molecule has 11 heteroatoms. The third-order valence-electron chi connectivity index (χ3n) is 5.67. The summed E-state index contributed by atoms with van der Waals surface area (Å²) < 4.78 is 21.3. The maximum Gasteiger partial charge on any atom is 0.275 e. The number of aromatic nitrogens is 5. The van der Waals surface area contributed by atoms with Gasteiger partial charge in [0.15, 0.2) is 0 Å². The first-order valence-electron chi connectivity index (χ1n) is 10.2. The third kappa shape index (κ3) is 3.78. The molecule has 4 heterocycles. The first-order chi connectivity index (χ1) is 15.5. The molecule has 0 aliphatic carbocycles. The number of aryl methyl sites for hydroxylation is 1. The predicted octanol–water partition coefficient (Wildman–Crippen LogP) is 3.19. The Kier molecular flexibility index (Phi) is 5.45. The van der Waals surface area contributed by atoms with Crippen LogP contribution in [0.1, 0.15) is 35.1 Å². The second-order valence-electron chi connectivity index (χ2n) is 7.78. The van der Waals surface area contributed by atoms with Crippen molar-refractivity contribution >= 4 is 33.8 Å². The van der Waals surface area contributed by atoms with Crippen molar-refractivity contribution in [2.45, 2.75) is 31.2 Å². The maximum absolute atomic E-state index is 13.9. The first kappa shape index (κ1) is 20.7. The lowest BCUT2D eigenvalue weighted by atomic mass is 10.0. The number of alkyl halides is 1. The summed E-state index contributed by atoms with van der Waals surface area (Å²) in [5, 5.41) is 17.5. The van der Waals surface area contributed by atoms with Gasteiger partial charge in [-0.1, -0.05) is 12.1 Å². The standard InChI is InChI=1S/C21H22FN7O2S/c1-29-19(18-6-5-14(23)13(22)9-31-18)16(8-25-29)26-20(30)17-10-32-21(27-17)11-3-2-4-15-12(11)7-24-28-15/h2-4,7-8,10,13-14,18H,5-6,9,23H2,1H3,(H,24,28)(H,26,30)/t13-,14-,18+/m1/s1. The fourth-order valence-electron chi connectivity index (χ4n) is 3.92. The number of H-pyrrole nitrogens is 1. The molecule has 1 aromatic carbocycles. The molecule has 0 unspecified atom stereocenters. The van der Waals surface area contributed by atoms with Crippen LogP contribution in [-0.4, -0.2) is 49.7 Å². The summed E-state index contributed by atoms with van der Waals surface area (Å²) in [6.07, 6.45) is 2.72. The summed E-state index contributed by atoms with van der Waals surface area (Å²) in [6.45, 7) is -0.0839. The molecule has 4 aromatic rings. The molecule has 5 rings (SSSR count). The Bertz CT molecular complexity index is 1250. The molecule has 0 saturated carbocycles. The number of halogens is 1. The molecular weight excluding hydrogens is 433 g/mol. The van der Waals surface area contributed by atoms with Crippen molar-refractivity contribution in [3.05, 3.63) is 47.4 Å². The summed E-state index contributed by atoms with van der Waals surface area (Å²) in [5.41, 5.74) is 9.15. The lowest BCUT2D eigenvalue weighted by molar-refractivity contribution is 0.0247. The smallest absolute Gasteiger partial charge is 0.275 e. The number of carbonyl (C=O) groups excluding carboxylic acids is 1. The van der Waals surface area contributed by atoms with Crippen LogP contribution in [0.4, 0.5) is 10.1 Å². The fraction of sp³-hybridized carbons (Fsp3) is 0.333. The van der Waals surface area contributed by atoms with Gasteiger partial charge in [-0.15, -0.1) is 11.3 Å². The predicted molar refractivity (Wildman–Crippen MR) is 119 cm³/mol. The van der Waals surface area contributed by atoms with Crippen molar-refractivity contribution in [1.82, 2.24) is 25.0 Å². The van der Waals surface area contributed by atoms with Crippen LogP contribution in [0.3, 0.4) is 0 Å². The van der Waals surface area contributed by atoms with Gasteiger partial charge in [-0.25, -0.2) is 9.37 Å². The van der Waals surface area contributed by atoms with Crippen LogP contribution in [0, 0.1) is 0 Å². The summed E-state index contributed by atoms with van der Waals surface area (Å²) in [4.78, 5) is 17.5. The topological polar surface area (TPSA) is 124 Å². The van der Waals surface area contributed by atoms with Crippen LogP contribution >= 0.6 is 11.3 Å². The molecule has 166 valence electrons. The number of ether oxygens (including phenoxy) is 1. The highest BCUT2D eigenvalue weighted by molar-refractivity contribution is 7.13. The van der Waals surface area contributed by atoms with Gasteiger partial charge in [0, 0.05) is 29.4 Å². The highest BCUT2D eigenvalue weighted by atomic mass is 32.1. The molecule has 32 heavy (non-hydrogen) atoms. The largest absolute Gasteiger partial charge is 0.369 e. The quantitative estimate of drug-likeness (QED) is 0.434. The van der Waals surface area contributed by atoms with Gasteiger partial charge in [-0.2, -0.15) is 10.2 Å². The zero-order chi connectivity index (χ0) is 22.2. The number of benzene rings is 1. The summed E-state index contributed by atoms with van der Waals surface area (Å²) in [6, 6.07) is 5.24. The van der Waals surface area contributed by atoms with Gasteiger partial charge in [0.05, 0.1) is 35.9 Å². The Labute approximate surface area is 186 Å². The molecule has 3 atom stereocenters. The number of fused-ring (bicyclic) bond motifs is 1. The average Bonchev–Trinajstić information content (AvgIpc) is 3.51. The molecule has 0 spiro atoms. The Hall–Kier alpha value is -3.15. The van der Waals surface area contributed by atoms with Gasteiger partial charge in [0.2, 0.25) is 0 Å². The fourth-order valence-corrected chi connectivity index (χ4v) is 4.76. The van der Waals surface area contributed by atoms with E-state index in [9.17, 15) is 9.18 Å². The molecule has 1 aliphatic rings. The van der Waals surface area contributed by atoms with Gasteiger partial charge >= 0.3 is 0 Å². The van der Waals surface area contributed by atoms with Crippen molar-refractivity contribution in [2.24, 2.45) is 12.8 Å². The number of anilines is 1. The second kappa shape index (κ2) is 8.41. The molecular formula is C21H22FN7O2S.